The quantitative estimate of drug-likeness (QED) is 0.460. The van der Waals surface area contributed by atoms with Crippen molar-refractivity contribution in [3.8, 4) is 0 Å². The van der Waals surface area contributed by atoms with Gasteiger partial charge in [0.05, 0.1) is 0 Å². The molecule has 15 heavy (non-hydrogen) atoms. The summed E-state index contributed by atoms with van der Waals surface area (Å²) in [4.78, 5) is 22.0. The van der Waals surface area contributed by atoms with Crippen molar-refractivity contribution in [1.29, 1.82) is 5.41 Å². The number of guanidine groups is 1. The van der Waals surface area contributed by atoms with Gasteiger partial charge in [0.2, 0.25) is 11.9 Å². The number of benzene rings is 1. The zero-order valence-corrected chi connectivity index (χ0v) is 8.20. The van der Waals surface area contributed by atoms with E-state index in [2.05, 4.69) is 10.6 Å². The van der Waals surface area contributed by atoms with Gasteiger partial charge in [0, 0.05) is 12.5 Å². The topological polar surface area (TPSA) is 82.1 Å². The Labute approximate surface area is 87.0 Å². The first kappa shape index (κ1) is 10.9. The molecule has 78 valence electrons. The fourth-order valence-electron chi connectivity index (χ4n) is 0.983. The second-order valence-electron chi connectivity index (χ2n) is 2.88. The molecular weight excluding hydrogens is 194 g/mol. The molecule has 0 aliphatic rings. The Kier molecular flexibility index (Phi) is 3.56. The van der Waals surface area contributed by atoms with Crippen molar-refractivity contribution in [1.82, 2.24) is 10.6 Å². The molecule has 0 atom stereocenters. The van der Waals surface area contributed by atoms with Crippen LogP contribution in [0.5, 0.6) is 0 Å². The van der Waals surface area contributed by atoms with Crippen molar-refractivity contribution in [3.63, 3.8) is 0 Å². The molecule has 0 aromatic heterocycles. The molecule has 0 bridgehead atoms. The Morgan fingerprint density at radius 1 is 1.13 bits per heavy atom. The minimum absolute atomic E-state index is 0.323. The summed E-state index contributed by atoms with van der Waals surface area (Å²) in [7, 11) is 0. The highest BCUT2D eigenvalue weighted by atomic mass is 16.2. The smallest absolute Gasteiger partial charge is 0.257 e. The van der Waals surface area contributed by atoms with Crippen LogP contribution in [0.2, 0.25) is 0 Å². The minimum atomic E-state index is -0.422. The van der Waals surface area contributed by atoms with Crippen LogP contribution < -0.4 is 10.6 Å². The van der Waals surface area contributed by atoms with E-state index in [1.165, 1.54) is 6.92 Å². The number of carbonyl (C=O) groups excluding carboxylic acids is 2. The third kappa shape index (κ3) is 3.60. The summed E-state index contributed by atoms with van der Waals surface area (Å²) in [6.07, 6.45) is 0. The first-order valence-electron chi connectivity index (χ1n) is 4.32. The van der Waals surface area contributed by atoms with Gasteiger partial charge in [0.15, 0.2) is 0 Å². The third-order valence-electron chi connectivity index (χ3n) is 1.58. The van der Waals surface area contributed by atoms with Crippen molar-refractivity contribution >= 4 is 17.8 Å². The maximum Gasteiger partial charge on any atom is 0.257 e. The Bertz CT molecular complexity index is 387. The number of amides is 2. The van der Waals surface area contributed by atoms with Crippen LogP contribution in [0.3, 0.4) is 0 Å². The van der Waals surface area contributed by atoms with Crippen molar-refractivity contribution in [2.45, 2.75) is 6.92 Å². The molecular formula is C10H11N3O2. The van der Waals surface area contributed by atoms with E-state index in [4.69, 9.17) is 5.41 Å². The van der Waals surface area contributed by atoms with Crippen LogP contribution in [0.15, 0.2) is 30.3 Å². The second kappa shape index (κ2) is 4.90. The Hall–Kier alpha value is -2.17. The standard InChI is InChI=1S/C10H11N3O2/c1-7(14)12-10(11)13-9(15)8-5-3-2-4-6-8/h2-6H,1H3,(H3,11,12,13,14,15). The normalized spacial score (nSPS) is 9.13. The van der Waals surface area contributed by atoms with Gasteiger partial charge in [-0.25, -0.2) is 0 Å². The lowest BCUT2D eigenvalue weighted by Crippen LogP contribution is -2.42. The summed E-state index contributed by atoms with van der Waals surface area (Å²) >= 11 is 0. The predicted molar refractivity (Wildman–Crippen MR) is 55.5 cm³/mol. The first-order chi connectivity index (χ1) is 7.09. The van der Waals surface area contributed by atoms with Crippen LogP contribution in [0.1, 0.15) is 17.3 Å². The molecule has 0 fully saturated rings. The number of nitrogens with one attached hydrogen (secondary N) is 3. The molecule has 5 nitrogen and oxygen atoms in total. The number of hydrogen-bond acceptors (Lipinski definition) is 3. The van der Waals surface area contributed by atoms with Crippen molar-refractivity contribution in [2.24, 2.45) is 0 Å². The maximum atomic E-state index is 11.4. The van der Waals surface area contributed by atoms with E-state index in [-0.39, 0.29) is 5.96 Å². The molecule has 1 aromatic rings. The largest absolute Gasteiger partial charge is 0.297 e. The Morgan fingerprint density at radius 2 is 1.73 bits per heavy atom. The highest BCUT2D eigenvalue weighted by Gasteiger charge is 2.07. The first-order valence-corrected chi connectivity index (χ1v) is 4.32. The van der Waals surface area contributed by atoms with E-state index < -0.39 is 11.8 Å². The predicted octanol–water partition coefficient (Wildman–Crippen LogP) is 0.487. The van der Waals surface area contributed by atoms with Gasteiger partial charge in [-0.3, -0.25) is 25.6 Å². The highest BCUT2D eigenvalue weighted by Crippen LogP contribution is 1.96. The fraction of sp³-hybridized carbons (Fsp3) is 0.100. The molecule has 0 radical (unpaired) electrons. The van der Waals surface area contributed by atoms with Gasteiger partial charge < -0.3 is 0 Å². The number of carbonyl (C=O) groups is 2. The molecule has 0 aliphatic carbocycles. The second-order valence-corrected chi connectivity index (χ2v) is 2.88. The minimum Gasteiger partial charge on any atom is -0.297 e. The van der Waals surface area contributed by atoms with E-state index in [0.29, 0.717) is 5.56 Å². The number of hydrogen-bond donors (Lipinski definition) is 3. The van der Waals surface area contributed by atoms with Gasteiger partial charge in [-0.05, 0) is 12.1 Å². The van der Waals surface area contributed by atoms with Crippen LogP contribution >= 0.6 is 0 Å². The highest BCUT2D eigenvalue weighted by molar-refractivity contribution is 6.08. The Morgan fingerprint density at radius 3 is 2.27 bits per heavy atom. The maximum absolute atomic E-state index is 11.4. The molecule has 5 heteroatoms. The zero-order valence-electron chi connectivity index (χ0n) is 8.20. The molecule has 1 aromatic carbocycles. The van der Waals surface area contributed by atoms with E-state index in [0.717, 1.165) is 0 Å². The van der Waals surface area contributed by atoms with Gasteiger partial charge in [0.1, 0.15) is 0 Å². The van der Waals surface area contributed by atoms with Crippen LogP contribution in [0, 0.1) is 5.41 Å². The Balaban J connectivity index is 2.57. The summed E-state index contributed by atoms with van der Waals surface area (Å²) < 4.78 is 0. The lowest BCUT2D eigenvalue weighted by atomic mass is 10.2. The lowest BCUT2D eigenvalue weighted by Gasteiger charge is -2.05. The summed E-state index contributed by atoms with van der Waals surface area (Å²) in [6, 6.07) is 8.47. The van der Waals surface area contributed by atoms with Crippen molar-refractivity contribution < 1.29 is 9.59 Å². The molecule has 0 aliphatic heterocycles. The average Bonchev–Trinajstić information content (AvgIpc) is 2.17. The average molecular weight is 205 g/mol. The summed E-state index contributed by atoms with van der Waals surface area (Å²) in [5, 5.41) is 11.6. The van der Waals surface area contributed by atoms with E-state index in [1.807, 2.05) is 0 Å². The fourth-order valence-corrected chi connectivity index (χ4v) is 0.983. The van der Waals surface area contributed by atoms with E-state index in [1.54, 1.807) is 30.3 Å². The van der Waals surface area contributed by atoms with Gasteiger partial charge in [-0.15, -0.1) is 0 Å². The lowest BCUT2D eigenvalue weighted by molar-refractivity contribution is -0.117. The monoisotopic (exact) mass is 205 g/mol. The van der Waals surface area contributed by atoms with Crippen molar-refractivity contribution in [3.05, 3.63) is 35.9 Å². The molecule has 0 spiro atoms. The molecule has 2 amide bonds. The molecule has 0 saturated carbocycles. The number of rotatable bonds is 1. The van der Waals surface area contributed by atoms with Gasteiger partial charge >= 0.3 is 0 Å². The molecule has 3 N–H and O–H groups in total. The summed E-state index contributed by atoms with van der Waals surface area (Å²) in [6.45, 7) is 1.27. The molecule has 0 heterocycles. The van der Waals surface area contributed by atoms with Gasteiger partial charge in [-0.2, -0.15) is 0 Å². The zero-order chi connectivity index (χ0) is 11.3. The molecule has 1 rings (SSSR count). The van der Waals surface area contributed by atoms with Gasteiger partial charge in [-0.1, -0.05) is 18.2 Å². The van der Waals surface area contributed by atoms with E-state index >= 15 is 0 Å². The van der Waals surface area contributed by atoms with Crippen LogP contribution in [0.25, 0.3) is 0 Å². The molecule has 0 saturated heterocycles. The summed E-state index contributed by atoms with van der Waals surface area (Å²) in [5.74, 6) is -1.14. The summed E-state index contributed by atoms with van der Waals surface area (Å²) in [5.41, 5.74) is 0.438. The van der Waals surface area contributed by atoms with Gasteiger partial charge in [0.25, 0.3) is 5.91 Å². The SMILES string of the molecule is CC(=O)NC(=N)NC(=O)c1ccccc1. The third-order valence-corrected chi connectivity index (χ3v) is 1.58. The van der Waals surface area contributed by atoms with Crippen LogP contribution in [-0.2, 0) is 4.79 Å². The van der Waals surface area contributed by atoms with Crippen molar-refractivity contribution in [2.75, 3.05) is 0 Å². The van der Waals surface area contributed by atoms with Crippen LogP contribution in [0.4, 0.5) is 0 Å². The van der Waals surface area contributed by atoms with Crippen LogP contribution in [-0.4, -0.2) is 17.8 Å². The van der Waals surface area contributed by atoms with E-state index in [9.17, 15) is 9.59 Å². The molecule has 0 unspecified atom stereocenters.